The molecule has 1 aromatic carbocycles. The van der Waals surface area contributed by atoms with Gasteiger partial charge in [-0.15, -0.1) is 0 Å². The summed E-state index contributed by atoms with van der Waals surface area (Å²) in [6.45, 7) is -0.992. The van der Waals surface area contributed by atoms with Crippen molar-refractivity contribution in [1.82, 2.24) is 0 Å². The molecule has 0 amide bonds. The topological polar surface area (TPSA) is 46.5 Å². The molecule has 1 aromatic rings. The molecular weight excluding hydrogens is 313 g/mol. The van der Waals surface area contributed by atoms with E-state index in [1.54, 1.807) is 0 Å². The Morgan fingerprint density at radius 1 is 1.00 bits per heavy atom. The van der Waals surface area contributed by atoms with Crippen molar-refractivity contribution in [2.45, 2.75) is 24.6 Å². The van der Waals surface area contributed by atoms with Gasteiger partial charge in [0.1, 0.15) is 12.4 Å². The van der Waals surface area contributed by atoms with Crippen LogP contribution in [0.1, 0.15) is 5.56 Å². The molecule has 0 atom stereocenters. The van der Waals surface area contributed by atoms with Gasteiger partial charge < -0.3 is 9.84 Å². The Bertz CT molecular complexity index is 490. The van der Waals surface area contributed by atoms with Crippen molar-refractivity contribution in [1.29, 1.82) is 0 Å². The Kier molecular flexibility index (Phi) is 4.51. The van der Waals surface area contributed by atoms with Gasteiger partial charge in [-0.2, -0.15) is 26.3 Å². The molecule has 0 spiro atoms. The van der Waals surface area contributed by atoms with Crippen LogP contribution in [-0.4, -0.2) is 29.0 Å². The molecule has 0 saturated carbocycles. The molecule has 1 rings (SSSR count). The first kappa shape index (κ1) is 17.2. The molecule has 0 bridgehead atoms. The summed E-state index contributed by atoms with van der Waals surface area (Å²) in [6.07, 6.45) is -12.6. The van der Waals surface area contributed by atoms with Gasteiger partial charge in [-0.05, 0) is 17.7 Å². The first-order valence-electron chi connectivity index (χ1n) is 5.17. The van der Waals surface area contributed by atoms with E-state index in [2.05, 4.69) is 4.74 Å². The molecule has 0 heterocycles. The maximum absolute atomic E-state index is 12.5. The van der Waals surface area contributed by atoms with Gasteiger partial charge in [0, 0.05) is 0 Å². The Hall–Kier alpha value is -1.84. The van der Waals surface area contributed by atoms with E-state index in [9.17, 15) is 35.5 Å². The molecule has 0 aliphatic carbocycles. The quantitative estimate of drug-likeness (QED) is 0.688. The third-order valence-electron chi connectivity index (χ3n) is 2.40. The Morgan fingerprint density at radius 3 is 1.81 bits per heavy atom. The fourth-order valence-electron chi connectivity index (χ4n) is 1.23. The number of carbonyl (C=O) groups excluding carboxylic acids is 1. The number of hydrogen-bond donors (Lipinski definition) is 1. The van der Waals surface area contributed by atoms with E-state index in [1.165, 1.54) is 0 Å². The van der Waals surface area contributed by atoms with Crippen LogP contribution < -0.4 is 0 Å². The van der Waals surface area contributed by atoms with Crippen LogP contribution in [0.5, 0.6) is 0 Å². The maximum Gasteiger partial charge on any atom is 0.437 e. The lowest BCUT2D eigenvalue weighted by Gasteiger charge is -2.29. The van der Waals surface area contributed by atoms with Crippen molar-refractivity contribution in [3.05, 3.63) is 35.6 Å². The first-order chi connectivity index (χ1) is 9.39. The Labute approximate surface area is 112 Å². The second-order valence-electron chi connectivity index (χ2n) is 3.91. The minimum absolute atomic E-state index is 0.0588. The molecule has 1 N–H and O–H groups in total. The first-order valence-corrected chi connectivity index (χ1v) is 5.17. The molecular formula is C11H7F7O3. The highest BCUT2D eigenvalue weighted by Gasteiger charge is 2.76. The second kappa shape index (κ2) is 5.51. The molecule has 0 saturated heterocycles. The number of carbonyl (C=O) groups is 1. The highest BCUT2D eigenvalue weighted by molar-refractivity contribution is 5.81. The zero-order valence-corrected chi connectivity index (χ0v) is 9.93. The van der Waals surface area contributed by atoms with Crippen molar-refractivity contribution < 1.29 is 45.4 Å². The Balaban J connectivity index is 2.91. The lowest BCUT2D eigenvalue weighted by atomic mass is 10.0. The molecule has 0 radical (unpaired) electrons. The maximum atomic E-state index is 12.5. The van der Waals surface area contributed by atoms with Crippen molar-refractivity contribution in [2.24, 2.45) is 0 Å². The fraction of sp³-hybridized carbons (Fsp3) is 0.364. The third kappa shape index (κ3) is 3.43. The summed E-state index contributed by atoms with van der Waals surface area (Å²) in [5.74, 6) is -3.61. The van der Waals surface area contributed by atoms with E-state index in [0.717, 1.165) is 24.3 Å². The average Bonchev–Trinajstić information content (AvgIpc) is 2.34. The van der Waals surface area contributed by atoms with Crippen LogP contribution in [-0.2, 0) is 16.1 Å². The van der Waals surface area contributed by atoms with Crippen molar-refractivity contribution in [3.63, 3.8) is 0 Å². The van der Waals surface area contributed by atoms with Crippen LogP contribution >= 0.6 is 0 Å². The minimum atomic E-state index is -6.30. The summed E-state index contributed by atoms with van der Waals surface area (Å²) in [6, 6.07) is 3.71. The predicted molar refractivity (Wildman–Crippen MR) is 53.3 cm³/mol. The molecule has 0 aliphatic heterocycles. The molecule has 0 fully saturated rings. The molecule has 10 heteroatoms. The summed E-state index contributed by atoms with van der Waals surface area (Å²) in [5.41, 5.74) is -5.68. The molecule has 3 nitrogen and oxygen atoms in total. The Morgan fingerprint density at radius 2 is 1.43 bits per heavy atom. The van der Waals surface area contributed by atoms with E-state index in [4.69, 9.17) is 5.11 Å². The molecule has 0 aromatic heterocycles. The lowest BCUT2D eigenvalue weighted by molar-refractivity contribution is -0.357. The fourth-order valence-corrected chi connectivity index (χ4v) is 1.23. The number of benzene rings is 1. The van der Waals surface area contributed by atoms with Gasteiger partial charge in [-0.3, -0.25) is 0 Å². The largest absolute Gasteiger partial charge is 0.458 e. The molecule has 0 unspecified atom stereocenters. The number of hydrogen-bond acceptors (Lipinski definition) is 3. The number of ether oxygens (including phenoxy) is 1. The van der Waals surface area contributed by atoms with Crippen LogP contribution in [0.2, 0.25) is 0 Å². The summed E-state index contributed by atoms with van der Waals surface area (Å²) >= 11 is 0. The van der Waals surface area contributed by atoms with Crippen molar-refractivity contribution in [2.75, 3.05) is 0 Å². The summed E-state index contributed by atoms with van der Waals surface area (Å²) in [7, 11) is 0. The standard InChI is InChI=1S/C11H7F7O3/c12-7-3-1-6(2-4-7)5-21-8(19)9(20,10(13,14)15)11(16,17)18/h1-4,20H,5H2. The highest BCUT2D eigenvalue weighted by atomic mass is 19.4. The second-order valence-corrected chi connectivity index (χ2v) is 3.91. The number of esters is 1. The van der Waals surface area contributed by atoms with Crippen molar-refractivity contribution in [3.8, 4) is 0 Å². The summed E-state index contributed by atoms with van der Waals surface area (Å²) in [4.78, 5) is 11.0. The van der Waals surface area contributed by atoms with Crippen LogP contribution in [0, 0.1) is 5.82 Å². The third-order valence-corrected chi connectivity index (χ3v) is 2.40. The van der Waals surface area contributed by atoms with E-state index in [0.29, 0.717) is 0 Å². The zero-order chi connectivity index (χ0) is 16.5. The van der Waals surface area contributed by atoms with E-state index in [-0.39, 0.29) is 5.56 Å². The van der Waals surface area contributed by atoms with Gasteiger partial charge in [-0.25, -0.2) is 9.18 Å². The molecule has 118 valence electrons. The summed E-state index contributed by atoms with van der Waals surface area (Å²) < 4.78 is 90.2. The normalized spacial score (nSPS) is 13.1. The van der Waals surface area contributed by atoms with Crippen molar-refractivity contribution >= 4 is 5.97 Å². The number of alkyl halides is 6. The SMILES string of the molecule is O=C(OCc1ccc(F)cc1)C(O)(C(F)(F)F)C(F)(F)F. The van der Waals surface area contributed by atoms with Gasteiger partial charge in [0.05, 0.1) is 0 Å². The summed E-state index contributed by atoms with van der Waals surface area (Å²) in [5, 5.41) is 8.69. The predicted octanol–water partition coefficient (Wildman–Crippen LogP) is 2.72. The van der Waals surface area contributed by atoms with Gasteiger partial charge >= 0.3 is 23.9 Å². The highest BCUT2D eigenvalue weighted by Crippen LogP contribution is 2.43. The van der Waals surface area contributed by atoms with Gasteiger partial charge in [0.25, 0.3) is 0 Å². The van der Waals surface area contributed by atoms with Crippen LogP contribution in [0.15, 0.2) is 24.3 Å². The lowest BCUT2D eigenvalue weighted by Crippen LogP contribution is -2.62. The van der Waals surface area contributed by atoms with E-state index < -0.39 is 36.3 Å². The monoisotopic (exact) mass is 320 g/mol. The molecule has 0 aliphatic rings. The van der Waals surface area contributed by atoms with Gasteiger partial charge in [-0.1, -0.05) is 12.1 Å². The van der Waals surface area contributed by atoms with Crippen LogP contribution in [0.4, 0.5) is 30.7 Å². The number of aliphatic hydroxyl groups is 1. The molecule has 21 heavy (non-hydrogen) atoms. The van der Waals surface area contributed by atoms with E-state index >= 15 is 0 Å². The number of halogens is 7. The minimum Gasteiger partial charge on any atom is -0.458 e. The van der Waals surface area contributed by atoms with Gasteiger partial charge in [0.15, 0.2) is 0 Å². The van der Waals surface area contributed by atoms with Crippen LogP contribution in [0.3, 0.4) is 0 Å². The van der Waals surface area contributed by atoms with Gasteiger partial charge in [0.2, 0.25) is 0 Å². The smallest absolute Gasteiger partial charge is 0.437 e. The van der Waals surface area contributed by atoms with Crippen LogP contribution in [0.25, 0.3) is 0 Å². The van der Waals surface area contributed by atoms with E-state index in [1.807, 2.05) is 0 Å². The average molecular weight is 320 g/mol. The zero-order valence-electron chi connectivity index (χ0n) is 9.93. The number of rotatable bonds is 3.